The molecule has 4 rings (SSSR count). The van der Waals surface area contributed by atoms with Gasteiger partial charge in [0.15, 0.2) is 16.2 Å². The van der Waals surface area contributed by atoms with Crippen molar-refractivity contribution in [3.8, 4) is 22.5 Å². The summed E-state index contributed by atoms with van der Waals surface area (Å²) in [4.78, 5) is 21.9. The van der Waals surface area contributed by atoms with Gasteiger partial charge >= 0.3 is 11.9 Å². The number of carbonyl (C=O) groups is 2. The van der Waals surface area contributed by atoms with Crippen molar-refractivity contribution in [3.05, 3.63) is 59.5 Å². The van der Waals surface area contributed by atoms with Crippen LogP contribution in [0.4, 0.5) is 5.69 Å². The minimum absolute atomic E-state index is 0.0131. The monoisotopic (exact) mass is 701 g/mol. The number of benzene rings is 3. The van der Waals surface area contributed by atoms with Gasteiger partial charge in [-0.05, 0) is 55.2 Å². The number of nitrogen functional groups attached to an aromatic ring is 1. The number of nitrogens with zero attached hydrogens (tertiary/aromatic N) is 1. The summed E-state index contributed by atoms with van der Waals surface area (Å²) >= 11 is 0. The summed E-state index contributed by atoms with van der Waals surface area (Å²) in [6.45, 7) is 2.22. The molecule has 1 aliphatic carbocycles. The maximum Gasteiger partial charge on any atom is 0.336 e. The summed E-state index contributed by atoms with van der Waals surface area (Å²) in [5.41, 5.74) is 5.79. The molecule has 0 saturated heterocycles. The smallest absolute Gasteiger partial charge is 0.336 e. The number of aliphatic carboxylic acids is 1. The van der Waals surface area contributed by atoms with Gasteiger partial charge in [-0.2, -0.15) is 12.7 Å². The molecule has 0 saturated carbocycles. The van der Waals surface area contributed by atoms with Crippen LogP contribution in [0.2, 0.25) is 0 Å². The van der Waals surface area contributed by atoms with Crippen molar-refractivity contribution in [2.75, 3.05) is 18.8 Å². The third-order valence-electron chi connectivity index (χ3n) is 8.09. The molecule has 0 atom stereocenters. The second kappa shape index (κ2) is 15.3. The molecule has 0 amide bonds. The number of nitrogens with one attached hydrogen (secondary N) is 1. The highest BCUT2D eigenvalue weighted by molar-refractivity contribution is 7.89. The first-order valence-corrected chi connectivity index (χ1v) is 18.5. The lowest BCUT2D eigenvalue weighted by molar-refractivity contribution is -0.137. The molecule has 6 N–H and O–H groups in total. The average molecular weight is 702 g/mol. The Bertz CT molecular complexity index is 2080. The Morgan fingerprint density at radius 3 is 2.10 bits per heavy atom. The van der Waals surface area contributed by atoms with Crippen molar-refractivity contribution >= 4 is 48.7 Å². The molecule has 2 aromatic rings. The number of carboxylic acids is 2. The molecule has 1 aliphatic heterocycles. The predicted octanol–water partition coefficient (Wildman–Crippen LogP) is 5.82. The van der Waals surface area contributed by atoms with Gasteiger partial charge in [-0.15, -0.1) is 0 Å². The maximum absolute atomic E-state index is 14.6. The fourth-order valence-corrected chi connectivity index (χ4v) is 8.28. The fraction of sp³-hybridized carbons (Fsp3) is 0.364. The van der Waals surface area contributed by atoms with Crippen LogP contribution >= 0.6 is 0 Å². The van der Waals surface area contributed by atoms with Crippen LogP contribution in [-0.2, 0) is 24.9 Å². The standard InChI is InChI=1S/C33H39N3O10S2/c1-2-3-4-5-10-19-36(20-11-6-7-14-27(37)38)47(41,42)31-25(34)17-15-23-28(21-12-8-9-13-22(21)33(39)40)24-16-18-26(35)32(48(43,44)45)30(24)46-29(23)31/h8-9,12-13,15-18,35H,2-7,10-11,14,19-20,34H2,1H3,(H,37,38)(H,39,40)(H,43,44,45). The Kier molecular flexibility index (Phi) is 11.6. The van der Waals surface area contributed by atoms with Crippen molar-refractivity contribution in [3.63, 3.8) is 0 Å². The van der Waals surface area contributed by atoms with E-state index in [2.05, 4.69) is 6.92 Å². The number of fused-ring (bicyclic) bond motifs is 2. The van der Waals surface area contributed by atoms with E-state index in [0.717, 1.165) is 31.7 Å². The molecule has 0 spiro atoms. The van der Waals surface area contributed by atoms with Crippen LogP contribution < -0.4 is 11.1 Å². The lowest BCUT2D eigenvalue weighted by Crippen LogP contribution is -2.33. The van der Waals surface area contributed by atoms with Crippen LogP contribution in [0.1, 0.15) is 75.1 Å². The van der Waals surface area contributed by atoms with Crippen LogP contribution in [0.25, 0.3) is 33.4 Å². The second-order valence-corrected chi connectivity index (χ2v) is 14.7. The van der Waals surface area contributed by atoms with E-state index in [1.54, 1.807) is 6.07 Å². The molecule has 0 aromatic heterocycles. The molecular formula is C33H39N3O10S2. The molecule has 0 bridgehead atoms. The Hall–Kier alpha value is -4.31. The Labute approximate surface area is 278 Å². The molecule has 2 aliphatic rings. The van der Waals surface area contributed by atoms with E-state index in [4.69, 9.17) is 20.7 Å². The lowest BCUT2D eigenvalue weighted by atomic mass is 9.90. The van der Waals surface area contributed by atoms with Gasteiger partial charge in [0.2, 0.25) is 10.0 Å². The van der Waals surface area contributed by atoms with Crippen molar-refractivity contribution in [1.29, 1.82) is 5.41 Å². The summed E-state index contributed by atoms with van der Waals surface area (Å²) in [6, 6.07) is 11.1. The largest absolute Gasteiger partial charge is 0.481 e. The van der Waals surface area contributed by atoms with Gasteiger partial charge < -0.3 is 20.4 Å². The summed E-state index contributed by atoms with van der Waals surface area (Å²) in [6.07, 6.45) is 5.29. The van der Waals surface area contributed by atoms with Crippen LogP contribution in [-0.4, -0.2) is 60.9 Å². The summed E-state index contributed by atoms with van der Waals surface area (Å²) < 4.78 is 71.8. The van der Waals surface area contributed by atoms with Crippen LogP contribution in [0.5, 0.6) is 0 Å². The van der Waals surface area contributed by atoms with Crippen molar-refractivity contribution in [2.24, 2.45) is 0 Å². The number of hydrogen-bond acceptors (Lipinski definition) is 9. The van der Waals surface area contributed by atoms with Crippen molar-refractivity contribution < 1.29 is 45.6 Å². The highest BCUT2D eigenvalue weighted by Crippen LogP contribution is 2.46. The van der Waals surface area contributed by atoms with Gasteiger partial charge in [-0.1, -0.05) is 57.2 Å². The van der Waals surface area contributed by atoms with E-state index in [9.17, 15) is 36.1 Å². The number of sulfonamides is 1. The molecule has 15 heteroatoms. The number of nitrogens with two attached hydrogens (primary N) is 1. The number of anilines is 1. The quantitative estimate of drug-likeness (QED) is 0.0381. The van der Waals surface area contributed by atoms with Gasteiger partial charge in [-0.3, -0.25) is 14.8 Å². The normalized spacial score (nSPS) is 12.2. The maximum atomic E-state index is 14.6. The first-order valence-electron chi connectivity index (χ1n) is 15.6. The summed E-state index contributed by atoms with van der Waals surface area (Å²) in [5.74, 6) is -2.80. The van der Waals surface area contributed by atoms with Gasteiger partial charge in [0.1, 0.15) is 4.90 Å². The van der Waals surface area contributed by atoms with E-state index < -0.39 is 53.0 Å². The highest BCUT2D eigenvalue weighted by Gasteiger charge is 2.34. The Morgan fingerprint density at radius 1 is 0.833 bits per heavy atom. The van der Waals surface area contributed by atoms with E-state index in [-0.39, 0.29) is 58.4 Å². The number of unbranched alkanes of at least 4 members (excludes halogenated alkanes) is 6. The predicted molar refractivity (Wildman–Crippen MR) is 179 cm³/mol. The number of aromatic carboxylic acids is 1. The van der Waals surface area contributed by atoms with Crippen molar-refractivity contribution in [1.82, 2.24) is 4.31 Å². The molecule has 48 heavy (non-hydrogen) atoms. The minimum Gasteiger partial charge on any atom is -0.481 e. The summed E-state index contributed by atoms with van der Waals surface area (Å²) in [5, 5.41) is 26.8. The van der Waals surface area contributed by atoms with Gasteiger partial charge in [-0.25, -0.2) is 13.2 Å². The average Bonchev–Trinajstić information content (AvgIpc) is 3.01. The molecule has 13 nitrogen and oxygen atoms in total. The number of hydrogen-bond donors (Lipinski definition) is 5. The third-order valence-corrected chi connectivity index (χ3v) is 11.0. The van der Waals surface area contributed by atoms with E-state index >= 15 is 0 Å². The van der Waals surface area contributed by atoms with Crippen LogP contribution in [0, 0.1) is 5.41 Å². The molecule has 2 aromatic carbocycles. The first kappa shape index (κ1) is 36.5. The topological polar surface area (TPSA) is 229 Å². The summed E-state index contributed by atoms with van der Waals surface area (Å²) in [7, 11) is -9.59. The molecule has 0 fully saturated rings. The zero-order chi connectivity index (χ0) is 35.2. The fourth-order valence-electron chi connectivity index (χ4n) is 5.80. The van der Waals surface area contributed by atoms with Gasteiger partial charge in [0.25, 0.3) is 10.1 Å². The Morgan fingerprint density at radius 2 is 1.48 bits per heavy atom. The molecule has 1 heterocycles. The van der Waals surface area contributed by atoms with Crippen LogP contribution in [0.15, 0.2) is 62.7 Å². The lowest BCUT2D eigenvalue weighted by Gasteiger charge is -2.25. The molecule has 258 valence electrons. The van der Waals surface area contributed by atoms with E-state index in [1.807, 2.05) is 0 Å². The molecular weight excluding hydrogens is 663 g/mol. The first-order chi connectivity index (χ1) is 22.7. The van der Waals surface area contributed by atoms with E-state index in [1.165, 1.54) is 40.7 Å². The minimum atomic E-state index is -5.10. The molecule has 0 unspecified atom stereocenters. The van der Waals surface area contributed by atoms with Gasteiger partial charge in [0, 0.05) is 36.0 Å². The van der Waals surface area contributed by atoms with E-state index in [0.29, 0.717) is 25.7 Å². The zero-order valence-corrected chi connectivity index (χ0v) is 28.1. The zero-order valence-electron chi connectivity index (χ0n) is 26.4. The van der Waals surface area contributed by atoms with Crippen molar-refractivity contribution in [2.45, 2.75) is 74.5 Å². The second-order valence-electron chi connectivity index (χ2n) is 11.5. The van der Waals surface area contributed by atoms with Gasteiger partial charge in [0.05, 0.1) is 16.6 Å². The number of rotatable bonds is 17. The number of carboxylic acid groups (broad SMARTS) is 2. The highest BCUT2D eigenvalue weighted by atomic mass is 32.2. The van der Waals surface area contributed by atoms with Crippen LogP contribution in [0.3, 0.4) is 0 Å². The Balaban J connectivity index is 2.03. The SMILES string of the molecule is CCCCCCCN(CCCCCC(=O)O)S(=O)(=O)c1c(N)ccc2c(-c3ccccc3C(=O)O)c3ccc(=N)c(S(=O)(=O)O)c-3oc12. The third kappa shape index (κ3) is 7.86. The molecule has 0 radical (unpaired) electrons.